The maximum atomic E-state index is 11.9. The molecule has 0 aliphatic carbocycles. The minimum absolute atomic E-state index is 0.209. The van der Waals surface area contributed by atoms with Gasteiger partial charge in [0.25, 0.3) is 0 Å². The van der Waals surface area contributed by atoms with Crippen molar-refractivity contribution in [1.29, 1.82) is 0 Å². The van der Waals surface area contributed by atoms with Gasteiger partial charge in [0.15, 0.2) is 0 Å². The molecule has 0 saturated carbocycles. The summed E-state index contributed by atoms with van der Waals surface area (Å²) in [6.45, 7) is 5.85. The Balaban J connectivity index is 2.26. The van der Waals surface area contributed by atoms with Gasteiger partial charge in [-0.3, -0.25) is 4.79 Å². The molecule has 0 aromatic carbocycles. The van der Waals surface area contributed by atoms with Gasteiger partial charge < -0.3 is 4.74 Å². The lowest BCUT2D eigenvalue weighted by Gasteiger charge is -2.15. The highest BCUT2D eigenvalue weighted by Crippen LogP contribution is 2.22. The monoisotopic (exact) mass is 212 g/mol. The molecular weight excluding hydrogens is 188 g/mol. The first-order chi connectivity index (χ1) is 7.27. The van der Waals surface area contributed by atoms with Gasteiger partial charge in [0.2, 0.25) is 0 Å². The Labute approximate surface area is 93.4 Å². The number of hydrogen-bond acceptors (Lipinski definition) is 2. The van der Waals surface area contributed by atoms with Gasteiger partial charge in [-0.15, -0.1) is 0 Å². The molecule has 1 heterocycles. The second-order valence-electron chi connectivity index (χ2n) is 4.65. The molecule has 0 N–H and O–H groups in total. The van der Waals surface area contributed by atoms with E-state index in [9.17, 15) is 4.79 Å². The van der Waals surface area contributed by atoms with Crippen molar-refractivity contribution in [3.8, 4) is 0 Å². The summed E-state index contributed by atoms with van der Waals surface area (Å²) >= 11 is 0. The van der Waals surface area contributed by atoms with Crippen molar-refractivity contribution in [2.45, 2.75) is 52.4 Å². The van der Waals surface area contributed by atoms with E-state index >= 15 is 0 Å². The molecule has 0 radical (unpaired) electrons. The van der Waals surface area contributed by atoms with E-state index in [0.29, 0.717) is 18.3 Å². The first-order valence-corrected chi connectivity index (χ1v) is 6.38. The Morgan fingerprint density at radius 1 is 1.47 bits per heavy atom. The minimum Gasteiger partial charge on any atom is -0.381 e. The molecule has 88 valence electrons. The average Bonchev–Trinajstić information content (AvgIpc) is 2.77. The highest BCUT2D eigenvalue weighted by Gasteiger charge is 2.24. The maximum absolute atomic E-state index is 11.9. The molecular formula is C13H24O2. The second kappa shape index (κ2) is 7.00. The van der Waals surface area contributed by atoms with Crippen LogP contribution in [0.1, 0.15) is 52.4 Å². The number of ether oxygens (including phenoxy) is 1. The second-order valence-corrected chi connectivity index (χ2v) is 4.65. The Morgan fingerprint density at radius 3 is 2.80 bits per heavy atom. The van der Waals surface area contributed by atoms with E-state index in [1.165, 1.54) is 19.3 Å². The van der Waals surface area contributed by atoms with Crippen LogP contribution in [0.15, 0.2) is 0 Å². The number of carbonyl (C=O) groups is 1. The van der Waals surface area contributed by atoms with Crippen molar-refractivity contribution < 1.29 is 9.53 Å². The summed E-state index contributed by atoms with van der Waals surface area (Å²) in [6.07, 6.45) is 6.57. The van der Waals surface area contributed by atoms with Crippen LogP contribution in [0.25, 0.3) is 0 Å². The molecule has 15 heavy (non-hydrogen) atoms. The topological polar surface area (TPSA) is 26.3 Å². The van der Waals surface area contributed by atoms with Crippen molar-refractivity contribution >= 4 is 5.78 Å². The van der Waals surface area contributed by atoms with E-state index in [1.807, 2.05) is 0 Å². The molecule has 1 aliphatic heterocycles. The van der Waals surface area contributed by atoms with Gasteiger partial charge in [-0.2, -0.15) is 0 Å². The number of carbonyl (C=O) groups excluding carboxylic acids is 1. The van der Waals surface area contributed by atoms with Crippen molar-refractivity contribution in [3.63, 3.8) is 0 Å². The summed E-state index contributed by atoms with van der Waals surface area (Å²) in [5.74, 6) is 1.26. The van der Waals surface area contributed by atoms with Gasteiger partial charge in [0, 0.05) is 18.9 Å². The highest BCUT2D eigenvalue weighted by atomic mass is 16.5. The molecule has 1 saturated heterocycles. The van der Waals surface area contributed by atoms with Crippen molar-refractivity contribution in [1.82, 2.24) is 0 Å². The van der Waals surface area contributed by atoms with E-state index in [2.05, 4.69) is 13.8 Å². The lowest BCUT2D eigenvalue weighted by atomic mass is 9.89. The summed E-state index contributed by atoms with van der Waals surface area (Å²) in [6, 6.07) is 0. The summed E-state index contributed by atoms with van der Waals surface area (Å²) in [5, 5.41) is 0. The number of Topliss-reactive ketones (excluding diaryl/α,β-unsaturated/α-hetero) is 1. The molecule has 2 heteroatoms. The zero-order valence-electron chi connectivity index (χ0n) is 10.1. The van der Waals surface area contributed by atoms with Crippen LogP contribution in [-0.4, -0.2) is 19.0 Å². The maximum Gasteiger partial charge on any atom is 0.138 e. The number of rotatable bonds is 7. The third kappa shape index (κ3) is 4.33. The van der Waals surface area contributed by atoms with Crippen molar-refractivity contribution in [2.75, 3.05) is 13.2 Å². The van der Waals surface area contributed by atoms with Crippen LogP contribution in [0.4, 0.5) is 0 Å². The molecule has 0 aromatic heterocycles. The summed E-state index contributed by atoms with van der Waals surface area (Å²) in [4.78, 5) is 11.9. The van der Waals surface area contributed by atoms with Crippen LogP contribution in [0.3, 0.4) is 0 Å². The fourth-order valence-corrected chi connectivity index (χ4v) is 2.18. The van der Waals surface area contributed by atoms with E-state index in [4.69, 9.17) is 4.74 Å². The zero-order valence-corrected chi connectivity index (χ0v) is 10.1. The standard InChI is InChI=1S/C13H24O2/c1-3-5-6-11(4-2)9-13(14)12-7-8-15-10-12/h11-12H,3-10H2,1-2H3. The molecule has 2 unspecified atom stereocenters. The fourth-order valence-electron chi connectivity index (χ4n) is 2.18. The predicted molar refractivity (Wildman–Crippen MR) is 61.9 cm³/mol. The quantitative estimate of drug-likeness (QED) is 0.648. The van der Waals surface area contributed by atoms with Crippen LogP contribution >= 0.6 is 0 Å². The molecule has 0 spiro atoms. The SMILES string of the molecule is CCCCC(CC)CC(=O)C1CCOC1. The summed E-state index contributed by atoms with van der Waals surface area (Å²) < 4.78 is 5.25. The molecule has 0 amide bonds. The Bertz CT molecular complexity index is 183. The van der Waals surface area contributed by atoms with Gasteiger partial charge >= 0.3 is 0 Å². The lowest BCUT2D eigenvalue weighted by Crippen LogP contribution is -2.18. The first-order valence-electron chi connectivity index (χ1n) is 6.38. The normalized spacial score (nSPS) is 22.9. The van der Waals surface area contributed by atoms with E-state index < -0.39 is 0 Å². The summed E-state index contributed by atoms with van der Waals surface area (Å²) in [7, 11) is 0. The van der Waals surface area contributed by atoms with Crippen LogP contribution in [0.5, 0.6) is 0 Å². The van der Waals surface area contributed by atoms with Gasteiger partial charge in [-0.05, 0) is 12.3 Å². The van der Waals surface area contributed by atoms with Gasteiger partial charge in [-0.25, -0.2) is 0 Å². The lowest BCUT2D eigenvalue weighted by molar-refractivity contribution is -0.123. The highest BCUT2D eigenvalue weighted by molar-refractivity contribution is 5.81. The third-order valence-electron chi connectivity index (χ3n) is 3.42. The van der Waals surface area contributed by atoms with Crippen molar-refractivity contribution in [2.24, 2.45) is 11.8 Å². The Morgan fingerprint density at radius 2 is 2.27 bits per heavy atom. The number of hydrogen-bond donors (Lipinski definition) is 0. The molecule has 2 nitrogen and oxygen atoms in total. The molecule has 1 rings (SSSR count). The molecule has 0 bridgehead atoms. The summed E-state index contributed by atoms with van der Waals surface area (Å²) in [5.41, 5.74) is 0. The smallest absolute Gasteiger partial charge is 0.138 e. The largest absolute Gasteiger partial charge is 0.381 e. The van der Waals surface area contributed by atoms with Gasteiger partial charge in [-0.1, -0.05) is 39.5 Å². The minimum atomic E-state index is 0.209. The molecule has 1 aliphatic rings. The number of unbranched alkanes of at least 4 members (excludes halogenated alkanes) is 1. The average molecular weight is 212 g/mol. The van der Waals surface area contributed by atoms with Crippen LogP contribution in [0, 0.1) is 11.8 Å². The molecule has 1 fully saturated rings. The molecule has 0 aromatic rings. The molecule has 2 atom stereocenters. The Kier molecular flexibility index (Phi) is 5.92. The van der Waals surface area contributed by atoms with Gasteiger partial charge in [0.05, 0.1) is 6.61 Å². The van der Waals surface area contributed by atoms with Crippen molar-refractivity contribution in [3.05, 3.63) is 0 Å². The van der Waals surface area contributed by atoms with E-state index in [-0.39, 0.29) is 5.92 Å². The fraction of sp³-hybridized carbons (Fsp3) is 0.923. The number of ketones is 1. The zero-order chi connectivity index (χ0) is 11.1. The van der Waals surface area contributed by atoms with Crippen LogP contribution < -0.4 is 0 Å². The van der Waals surface area contributed by atoms with Crippen LogP contribution in [-0.2, 0) is 9.53 Å². The van der Waals surface area contributed by atoms with E-state index in [1.54, 1.807) is 0 Å². The Hall–Kier alpha value is -0.370. The predicted octanol–water partition coefficient (Wildman–Crippen LogP) is 3.20. The third-order valence-corrected chi connectivity index (χ3v) is 3.42. The van der Waals surface area contributed by atoms with Crippen LogP contribution in [0.2, 0.25) is 0 Å². The van der Waals surface area contributed by atoms with Gasteiger partial charge in [0.1, 0.15) is 5.78 Å². The first kappa shape index (κ1) is 12.7. The van der Waals surface area contributed by atoms with E-state index in [0.717, 1.165) is 25.9 Å².